The lowest BCUT2D eigenvalue weighted by molar-refractivity contribution is -0.0889. The summed E-state index contributed by atoms with van der Waals surface area (Å²) in [6.45, 7) is 0. The van der Waals surface area contributed by atoms with Crippen LogP contribution in [0.1, 0.15) is 35.5 Å². The number of nitrogens with zero attached hydrogens (tertiary/aromatic N) is 1. The third-order valence-electron chi connectivity index (χ3n) is 2.84. The van der Waals surface area contributed by atoms with E-state index >= 15 is 0 Å². The third-order valence-corrected chi connectivity index (χ3v) is 2.84. The van der Waals surface area contributed by atoms with E-state index in [4.69, 9.17) is 5.11 Å². The van der Waals surface area contributed by atoms with Gasteiger partial charge in [0, 0.05) is 12.0 Å². The first-order valence-corrected chi connectivity index (χ1v) is 5.25. The summed E-state index contributed by atoms with van der Waals surface area (Å²) in [5, 5.41) is 11.7. The van der Waals surface area contributed by atoms with E-state index in [1.165, 1.54) is 0 Å². The van der Waals surface area contributed by atoms with Gasteiger partial charge in [0.2, 0.25) is 5.76 Å². The predicted molar refractivity (Wildman–Crippen MR) is 53.8 cm³/mol. The van der Waals surface area contributed by atoms with Crippen molar-refractivity contribution in [2.45, 2.75) is 25.2 Å². The number of hydrogen-bond donors (Lipinski definition) is 1. The molecule has 0 radical (unpaired) electrons. The number of carbonyl (C=O) groups is 1. The summed E-state index contributed by atoms with van der Waals surface area (Å²) < 4.78 is 32.4. The Kier molecular flexibility index (Phi) is 2.95. The van der Waals surface area contributed by atoms with Crippen molar-refractivity contribution in [2.75, 3.05) is 0 Å². The average molecular weight is 243 g/mol. The van der Waals surface area contributed by atoms with Crippen LogP contribution in [0.25, 0.3) is 0 Å². The summed E-state index contributed by atoms with van der Waals surface area (Å²) in [5.74, 6) is -6.08. The minimum atomic E-state index is -3.18. The van der Waals surface area contributed by atoms with E-state index in [1.807, 2.05) is 6.08 Å². The molecule has 1 unspecified atom stereocenters. The molecule has 4 nitrogen and oxygen atoms in total. The van der Waals surface area contributed by atoms with Crippen molar-refractivity contribution >= 4 is 5.97 Å². The molecule has 17 heavy (non-hydrogen) atoms. The number of halogens is 2. The van der Waals surface area contributed by atoms with Gasteiger partial charge in [0.05, 0.1) is 0 Å². The first-order valence-electron chi connectivity index (χ1n) is 5.25. The molecule has 1 N–H and O–H groups in total. The molecule has 92 valence electrons. The molecule has 0 amide bonds. The molecule has 0 bridgehead atoms. The van der Waals surface area contributed by atoms with Crippen molar-refractivity contribution in [3.8, 4) is 0 Å². The fourth-order valence-electron chi connectivity index (χ4n) is 1.86. The second kappa shape index (κ2) is 4.27. The Morgan fingerprint density at radius 1 is 1.53 bits per heavy atom. The molecule has 0 saturated carbocycles. The number of hydrogen-bond acceptors (Lipinski definition) is 3. The predicted octanol–water partition coefficient (Wildman–Crippen LogP) is 2.82. The van der Waals surface area contributed by atoms with Gasteiger partial charge in [0.25, 0.3) is 0 Å². The number of rotatable bonds is 3. The molecule has 1 heterocycles. The number of allylic oxidation sites excluding steroid dienone is 2. The van der Waals surface area contributed by atoms with Crippen LogP contribution in [-0.4, -0.2) is 16.2 Å². The van der Waals surface area contributed by atoms with Gasteiger partial charge in [0.15, 0.2) is 5.69 Å². The monoisotopic (exact) mass is 243 g/mol. The molecule has 0 spiro atoms. The van der Waals surface area contributed by atoms with E-state index in [1.54, 1.807) is 6.08 Å². The number of carboxylic acids is 1. The fraction of sp³-hybridized carbons (Fsp3) is 0.455. The second-order valence-corrected chi connectivity index (χ2v) is 3.99. The van der Waals surface area contributed by atoms with Gasteiger partial charge in [-0.15, -0.1) is 0 Å². The Balaban J connectivity index is 2.23. The highest BCUT2D eigenvalue weighted by atomic mass is 19.3. The molecule has 1 aromatic rings. The Labute approximate surface area is 95.9 Å². The third kappa shape index (κ3) is 2.20. The van der Waals surface area contributed by atoms with Gasteiger partial charge < -0.3 is 9.63 Å². The zero-order valence-corrected chi connectivity index (χ0v) is 8.90. The number of carboxylic acid groups (broad SMARTS) is 1. The van der Waals surface area contributed by atoms with Gasteiger partial charge in [-0.3, -0.25) is 0 Å². The quantitative estimate of drug-likeness (QED) is 0.829. The molecule has 0 aliphatic heterocycles. The zero-order chi connectivity index (χ0) is 12.5. The van der Waals surface area contributed by atoms with Crippen molar-refractivity contribution in [2.24, 2.45) is 5.92 Å². The molecule has 1 aliphatic carbocycles. The first-order chi connectivity index (χ1) is 8.01. The number of aromatic nitrogens is 1. The Morgan fingerprint density at radius 3 is 2.82 bits per heavy atom. The minimum absolute atomic E-state index is 0.260. The SMILES string of the molecule is O=C(O)c1cc(C(F)(F)C2CC=CCC2)on1. The van der Waals surface area contributed by atoms with Crippen molar-refractivity contribution in [3.63, 3.8) is 0 Å². The van der Waals surface area contributed by atoms with Gasteiger partial charge >= 0.3 is 11.9 Å². The first kappa shape index (κ1) is 11.8. The number of aromatic carboxylic acids is 1. The Morgan fingerprint density at radius 2 is 2.29 bits per heavy atom. The fourth-order valence-corrected chi connectivity index (χ4v) is 1.86. The molecule has 2 rings (SSSR count). The van der Waals surface area contributed by atoms with Crippen LogP contribution in [0.3, 0.4) is 0 Å². The molecule has 0 saturated heterocycles. The summed E-state index contributed by atoms with van der Waals surface area (Å²) in [7, 11) is 0. The zero-order valence-electron chi connectivity index (χ0n) is 8.90. The molecular formula is C11H11F2NO3. The van der Waals surface area contributed by atoms with Crippen LogP contribution < -0.4 is 0 Å². The van der Waals surface area contributed by atoms with E-state index in [2.05, 4.69) is 9.68 Å². The van der Waals surface area contributed by atoms with Gasteiger partial charge in [-0.05, 0) is 19.3 Å². The summed E-state index contributed by atoms with van der Waals surface area (Å²) in [6, 6.07) is 0.792. The van der Waals surface area contributed by atoms with Crippen molar-refractivity contribution in [1.82, 2.24) is 5.16 Å². The van der Waals surface area contributed by atoms with Gasteiger partial charge in [-0.25, -0.2) is 4.79 Å². The Hall–Kier alpha value is -1.72. The van der Waals surface area contributed by atoms with Crippen LogP contribution in [0.2, 0.25) is 0 Å². The molecule has 6 heteroatoms. The molecule has 0 aromatic carbocycles. The van der Waals surface area contributed by atoms with Crippen molar-refractivity contribution in [3.05, 3.63) is 29.7 Å². The highest BCUT2D eigenvalue weighted by Gasteiger charge is 2.44. The van der Waals surface area contributed by atoms with Crippen molar-refractivity contribution in [1.29, 1.82) is 0 Å². The minimum Gasteiger partial charge on any atom is -0.476 e. The van der Waals surface area contributed by atoms with E-state index in [0.29, 0.717) is 12.8 Å². The topological polar surface area (TPSA) is 63.3 Å². The largest absolute Gasteiger partial charge is 0.476 e. The normalized spacial score (nSPS) is 20.5. The maximum atomic E-state index is 14.0. The standard InChI is InChI=1S/C11H11F2NO3/c12-11(13,7-4-2-1-3-5-7)9-6-8(10(15)16)14-17-9/h1-2,6-7H,3-5H2,(H,15,16). The van der Waals surface area contributed by atoms with Crippen LogP contribution in [0.4, 0.5) is 8.78 Å². The maximum Gasteiger partial charge on any atom is 0.358 e. The van der Waals surface area contributed by atoms with E-state index < -0.39 is 29.3 Å². The number of alkyl halides is 2. The highest BCUT2D eigenvalue weighted by Crippen LogP contribution is 2.42. The summed E-state index contributed by atoms with van der Waals surface area (Å²) >= 11 is 0. The van der Waals surface area contributed by atoms with Gasteiger partial charge in [-0.1, -0.05) is 17.3 Å². The van der Waals surface area contributed by atoms with Gasteiger partial charge in [0.1, 0.15) is 0 Å². The summed E-state index contributed by atoms with van der Waals surface area (Å²) in [4.78, 5) is 10.5. The smallest absolute Gasteiger partial charge is 0.358 e. The van der Waals surface area contributed by atoms with E-state index in [0.717, 1.165) is 6.07 Å². The molecule has 1 aromatic heterocycles. The van der Waals surface area contributed by atoms with Crippen molar-refractivity contribution < 1.29 is 23.2 Å². The summed E-state index contributed by atoms with van der Waals surface area (Å²) in [5.41, 5.74) is -0.494. The summed E-state index contributed by atoms with van der Waals surface area (Å²) in [6.07, 6.45) is 4.77. The second-order valence-electron chi connectivity index (χ2n) is 3.99. The molecular weight excluding hydrogens is 232 g/mol. The van der Waals surface area contributed by atoms with Crippen LogP contribution in [-0.2, 0) is 5.92 Å². The van der Waals surface area contributed by atoms with E-state index in [-0.39, 0.29) is 6.42 Å². The van der Waals surface area contributed by atoms with E-state index in [9.17, 15) is 13.6 Å². The highest BCUT2D eigenvalue weighted by molar-refractivity contribution is 5.85. The lowest BCUT2D eigenvalue weighted by Crippen LogP contribution is -2.26. The van der Waals surface area contributed by atoms with Gasteiger partial charge in [-0.2, -0.15) is 8.78 Å². The Bertz CT molecular complexity index is 453. The maximum absolute atomic E-state index is 14.0. The van der Waals surface area contributed by atoms with Crippen LogP contribution >= 0.6 is 0 Å². The van der Waals surface area contributed by atoms with Crippen LogP contribution in [0, 0.1) is 5.92 Å². The molecule has 1 atom stereocenters. The lowest BCUT2D eigenvalue weighted by Gasteiger charge is -2.25. The van der Waals surface area contributed by atoms with Crippen LogP contribution in [0.5, 0.6) is 0 Å². The lowest BCUT2D eigenvalue weighted by atomic mass is 9.87. The van der Waals surface area contributed by atoms with Crippen LogP contribution in [0.15, 0.2) is 22.7 Å². The average Bonchev–Trinajstić information content (AvgIpc) is 2.80. The molecule has 1 aliphatic rings. The molecule has 0 fully saturated rings.